The smallest absolute Gasteiger partial charge is 0.0661 e. The van der Waals surface area contributed by atoms with Gasteiger partial charge < -0.3 is 0 Å². The molecule has 1 fully saturated rings. The lowest BCUT2D eigenvalue weighted by Crippen LogP contribution is -1.95. The van der Waals surface area contributed by atoms with Crippen molar-refractivity contribution in [3.8, 4) is 6.07 Å². The highest BCUT2D eigenvalue weighted by Crippen LogP contribution is 2.55. The Morgan fingerprint density at radius 2 is 2.33 bits per heavy atom. The summed E-state index contributed by atoms with van der Waals surface area (Å²) in [6.45, 7) is 6.47. The predicted molar refractivity (Wildman–Crippen MR) is 50.5 cm³/mol. The Morgan fingerprint density at radius 1 is 1.67 bits per heavy atom. The topological polar surface area (TPSA) is 23.8 Å². The number of nitrogens with zero attached hydrogens (tertiary/aromatic N) is 1. The van der Waals surface area contributed by atoms with Gasteiger partial charge in [-0.15, -0.1) is 0 Å². The van der Waals surface area contributed by atoms with Gasteiger partial charge in [0.05, 0.1) is 12.0 Å². The van der Waals surface area contributed by atoms with Crippen LogP contribution in [0.4, 0.5) is 0 Å². The van der Waals surface area contributed by atoms with Crippen molar-refractivity contribution in [2.75, 3.05) is 0 Å². The van der Waals surface area contributed by atoms with Crippen molar-refractivity contribution in [1.82, 2.24) is 0 Å². The summed E-state index contributed by atoms with van der Waals surface area (Å²) in [6.07, 6.45) is 5.69. The van der Waals surface area contributed by atoms with Crippen molar-refractivity contribution >= 4 is 0 Å². The number of hydrogen-bond donors (Lipinski definition) is 0. The monoisotopic (exact) mass is 163 g/mol. The molecule has 12 heavy (non-hydrogen) atoms. The Labute approximate surface area is 75.1 Å². The number of rotatable bonds is 3. The normalized spacial score (nSPS) is 32.3. The fourth-order valence-electron chi connectivity index (χ4n) is 1.58. The number of allylic oxidation sites excluding steroid dienone is 2. The van der Waals surface area contributed by atoms with Crippen LogP contribution in [0.5, 0.6) is 0 Å². The molecular formula is C11H17N. The Kier molecular flexibility index (Phi) is 2.57. The Morgan fingerprint density at radius 3 is 2.75 bits per heavy atom. The molecule has 1 saturated carbocycles. The van der Waals surface area contributed by atoms with Crippen LogP contribution in [0.1, 0.15) is 40.0 Å². The lowest BCUT2D eigenvalue weighted by molar-refractivity contribution is 0.497. The van der Waals surface area contributed by atoms with Crippen LogP contribution in [0.3, 0.4) is 0 Å². The minimum Gasteiger partial charge on any atom is -0.198 e. The van der Waals surface area contributed by atoms with Crippen molar-refractivity contribution in [2.45, 2.75) is 40.0 Å². The summed E-state index contributed by atoms with van der Waals surface area (Å²) >= 11 is 0. The molecule has 1 nitrogen and oxygen atoms in total. The van der Waals surface area contributed by atoms with Gasteiger partial charge in [-0.05, 0) is 38.5 Å². The van der Waals surface area contributed by atoms with Gasteiger partial charge in [0.2, 0.25) is 0 Å². The third-order valence-corrected chi connectivity index (χ3v) is 2.78. The maximum Gasteiger partial charge on any atom is 0.0661 e. The fourth-order valence-corrected chi connectivity index (χ4v) is 1.58. The molecule has 0 aliphatic heterocycles. The van der Waals surface area contributed by atoms with Gasteiger partial charge >= 0.3 is 0 Å². The molecule has 0 heterocycles. The van der Waals surface area contributed by atoms with E-state index in [-0.39, 0.29) is 0 Å². The first kappa shape index (κ1) is 9.32. The summed E-state index contributed by atoms with van der Waals surface area (Å²) in [7, 11) is 0. The van der Waals surface area contributed by atoms with Crippen LogP contribution >= 0.6 is 0 Å². The molecule has 1 aliphatic rings. The quantitative estimate of drug-likeness (QED) is 0.586. The third kappa shape index (κ3) is 2.11. The van der Waals surface area contributed by atoms with Crippen molar-refractivity contribution in [2.24, 2.45) is 11.3 Å². The summed E-state index contributed by atoms with van der Waals surface area (Å²) in [5, 5.41) is 8.68. The Bertz CT molecular complexity index is 230. The van der Waals surface area contributed by atoms with Crippen LogP contribution in [-0.2, 0) is 0 Å². The van der Waals surface area contributed by atoms with Crippen LogP contribution in [0.25, 0.3) is 0 Å². The molecule has 0 aromatic rings. The summed E-state index contributed by atoms with van der Waals surface area (Å²) in [6, 6.07) is 2.35. The van der Waals surface area contributed by atoms with E-state index in [9.17, 15) is 0 Å². The van der Waals surface area contributed by atoms with E-state index < -0.39 is 0 Å². The zero-order valence-electron chi connectivity index (χ0n) is 8.22. The van der Waals surface area contributed by atoms with Gasteiger partial charge in [-0.25, -0.2) is 0 Å². The van der Waals surface area contributed by atoms with Gasteiger partial charge in [-0.2, -0.15) is 5.26 Å². The van der Waals surface area contributed by atoms with Gasteiger partial charge in [0.1, 0.15) is 0 Å². The van der Waals surface area contributed by atoms with E-state index >= 15 is 0 Å². The minimum atomic E-state index is 0.336. The molecule has 0 unspecified atom stereocenters. The highest BCUT2D eigenvalue weighted by Gasteiger charge is 2.49. The Balaban J connectivity index is 2.27. The summed E-state index contributed by atoms with van der Waals surface area (Å²) in [4.78, 5) is 0. The first-order valence-electron chi connectivity index (χ1n) is 4.61. The molecular weight excluding hydrogens is 146 g/mol. The molecule has 66 valence electrons. The van der Waals surface area contributed by atoms with Gasteiger partial charge in [0.15, 0.2) is 0 Å². The predicted octanol–water partition coefficient (Wildman–Crippen LogP) is 3.28. The molecule has 0 spiro atoms. The average Bonchev–Trinajstić information content (AvgIpc) is 2.61. The van der Waals surface area contributed by atoms with Gasteiger partial charge in [-0.3, -0.25) is 0 Å². The maximum atomic E-state index is 8.68. The van der Waals surface area contributed by atoms with Crippen molar-refractivity contribution in [1.29, 1.82) is 5.26 Å². The molecule has 1 heteroatoms. The van der Waals surface area contributed by atoms with Crippen LogP contribution in [0.2, 0.25) is 0 Å². The molecule has 1 rings (SSSR count). The molecule has 0 aromatic heterocycles. The lowest BCUT2D eigenvalue weighted by atomic mass is 9.99. The second-order valence-corrected chi connectivity index (χ2v) is 4.36. The van der Waals surface area contributed by atoms with E-state index in [0.717, 1.165) is 12.8 Å². The van der Waals surface area contributed by atoms with E-state index in [1.54, 1.807) is 0 Å². The largest absolute Gasteiger partial charge is 0.198 e. The first-order chi connectivity index (χ1) is 5.58. The fraction of sp³-hybridized carbons (Fsp3) is 0.727. The molecule has 0 aromatic carbocycles. The SMILES string of the molecule is CC(C)=CCC[C@@]1(C)C[C@H]1C#N. The average molecular weight is 163 g/mol. The second-order valence-electron chi connectivity index (χ2n) is 4.36. The second kappa shape index (κ2) is 3.31. The molecule has 0 radical (unpaired) electrons. The van der Waals surface area contributed by atoms with Gasteiger partial charge in [0, 0.05) is 0 Å². The minimum absolute atomic E-state index is 0.336. The summed E-state index contributed by atoms with van der Waals surface area (Å²) in [5.74, 6) is 0.336. The molecule has 0 N–H and O–H groups in total. The molecule has 0 bridgehead atoms. The van der Waals surface area contributed by atoms with Crippen LogP contribution < -0.4 is 0 Å². The van der Waals surface area contributed by atoms with Gasteiger partial charge in [-0.1, -0.05) is 18.6 Å². The van der Waals surface area contributed by atoms with E-state index in [1.165, 1.54) is 12.0 Å². The zero-order valence-corrected chi connectivity index (χ0v) is 8.22. The molecule has 1 aliphatic carbocycles. The first-order valence-corrected chi connectivity index (χ1v) is 4.61. The summed E-state index contributed by atoms with van der Waals surface area (Å²) in [5.41, 5.74) is 1.73. The molecule has 0 saturated heterocycles. The molecule has 0 amide bonds. The highest BCUT2D eigenvalue weighted by atomic mass is 14.5. The van der Waals surface area contributed by atoms with Crippen LogP contribution in [0, 0.1) is 22.7 Å². The van der Waals surface area contributed by atoms with E-state index in [2.05, 4.69) is 32.9 Å². The van der Waals surface area contributed by atoms with E-state index in [1.807, 2.05) is 0 Å². The number of hydrogen-bond acceptors (Lipinski definition) is 1. The maximum absolute atomic E-state index is 8.68. The van der Waals surface area contributed by atoms with Crippen LogP contribution in [0.15, 0.2) is 11.6 Å². The molecule has 2 atom stereocenters. The zero-order chi connectivity index (χ0) is 9.19. The van der Waals surface area contributed by atoms with Crippen molar-refractivity contribution in [3.05, 3.63) is 11.6 Å². The third-order valence-electron chi connectivity index (χ3n) is 2.78. The van der Waals surface area contributed by atoms with Crippen LogP contribution in [-0.4, -0.2) is 0 Å². The van der Waals surface area contributed by atoms with Crippen molar-refractivity contribution in [3.63, 3.8) is 0 Å². The summed E-state index contributed by atoms with van der Waals surface area (Å²) < 4.78 is 0. The Hall–Kier alpha value is -0.770. The van der Waals surface area contributed by atoms with E-state index in [0.29, 0.717) is 11.3 Å². The van der Waals surface area contributed by atoms with E-state index in [4.69, 9.17) is 5.26 Å². The number of nitriles is 1. The van der Waals surface area contributed by atoms with Gasteiger partial charge in [0.25, 0.3) is 0 Å². The highest BCUT2D eigenvalue weighted by molar-refractivity contribution is 5.10. The lowest BCUT2D eigenvalue weighted by Gasteiger charge is -2.05. The standard InChI is InChI=1S/C11H17N/c1-9(2)5-4-6-11(3)7-10(11)8-12/h5,10H,4,6-7H2,1-3H3/t10-,11-/m0/s1. The van der Waals surface area contributed by atoms with Crippen molar-refractivity contribution < 1.29 is 0 Å².